The highest BCUT2D eigenvalue weighted by Gasteiger charge is 2.58. The first kappa shape index (κ1) is 13.1. The van der Waals surface area contributed by atoms with Gasteiger partial charge in [-0.05, 0) is 73.7 Å². The van der Waals surface area contributed by atoms with E-state index in [2.05, 4.69) is 19.9 Å². The van der Waals surface area contributed by atoms with Gasteiger partial charge in [-0.25, -0.2) is 0 Å². The van der Waals surface area contributed by atoms with Gasteiger partial charge in [0.1, 0.15) is 0 Å². The molecule has 1 heteroatoms. The molecule has 0 aromatic carbocycles. The topological polar surface area (TPSA) is 17.1 Å². The second-order valence-corrected chi connectivity index (χ2v) is 8.50. The van der Waals surface area contributed by atoms with Gasteiger partial charge < -0.3 is 0 Å². The molecule has 0 bridgehead atoms. The van der Waals surface area contributed by atoms with E-state index < -0.39 is 0 Å². The van der Waals surface area contributed by atoms with Gasteiger partial charge in [0, 0.05) is 5.41 Å². The van der Waals surface area contributed by atoms with Crippen molar-refractivity contribution in [3.8, 4) is 0 Å². The Kier molecular flexibility index (Phi) is 2.76. The molecule has 1 nitrogen and oxygen atoms in total. The second-order valence-electron chi connectivity index (χ2n) is 8.50. The number of rotatable bonds is 0. The lowest BCUT2D eigenvalue weighted by Crippen LogP contribution is -2.52. The Morgan fingerprint density at radius 2 is 1.90 bits per heavy atom. The third-order valence-electron chi connectivity index (χ3n) is 7.85. The Balaban J connectivity index is 1.68. The predicted octanol–water partition coefficient (Wildman–Crippen LogP) is 4.76. The number of fused-ring (bicyclic) bond motifs is 5. The fourth-order valence-electron chi connectivity index (χ4n) is 6.57. The third-order valence-corrected chi connectivity index (χ3v) is 7.85. The van der Waals surface area contributed by atoms with Crippen molar-refractivity contribution < 1.29 is 4.79 Å². The fraction of sp³-hybridized carbons (Fsp3) is 0.842. The maximum atomic E-state index is 12.3. The Hall–Kier alpha value is -0.590. The highest BCUT2D eigenvalue weighted by molar-refractivity contribution is 5.97. The average molecular weight is 272 g/mol. The summed E-state index contributed by atoms with van der Waals surface area (Å²) < 4.78 is 0. The van der Waals surface area contributed by atoms with Crippen molar-refractivity contribution in [1.29, 1.82) is 0 Å². The van der Waals surface area contributed by atoms with Crippen molar-refractivity contribution >= 4 is 5.78 Å². The molecule has 4 aliphatic carbocycles. The molecule has 3 saturated carbocycles. The Morgan fingerprint density at radius 1 is 1.05 bits per heavy atom. The number of hydrogen-bond donors (Lipinski definition) is 0. The first-order valence-electron chi connectivity index (χ1n) is 8.78. The highest BCUT2D eigenvalue weighted by Crippen LogP contribution is 2.64. The molecule has 6 atom stereocenters. The quantitative estimate of drug-likeness (QED) is 0.621. The van der Waals surface area contributed by atoms with E-state index in [1.54, 1.807) is 0 Å². The summed E-state index contributed by atoms with van der Waals surface area (Å²) in [5, 5.41) is 0. The molecule has 0 amide bonds. The first-order valence-corrected chi connectivity index (χ1v) is 8.78. The molecule has 0 aromatic heterocycles. The minimum absolute atomic E-state index is 0.0426. The zero-order valence-corrected chi connectivity index (χ0v) is 13.0. The molecular weight excluding hydrogens is 244 g/mol. The molecular formula is C19H28O. The maximum Gasteiger partial charge on any atom is 0.161 e. The van der Waals surface area contributed by atoms with Crippen molar-refractivity contribution in [2.75, 3.05) is 0 Å². The van der Waals surface area contributed by atoms with Gasteiger partial charge in [0.15, 0.2) is 5.78 Å². The molecule has 110 valence electrons. The molecule has 0 aliphatic heterocycles. The lowest BCUT2D eigenvalue weighted by molar-refractivity contribution is -0.136. The molecule has 0 radical (unpaired) electrons. The lowest BCUT2D eigenvalue weighted by Gasteiger charge is -2.59. The van der Waals surface area contributed by atoms with E-state index >= 15 is 0 Å². The summed E-state index contributed by atoms with van der Waals surface area (Å²) >= 11 is 0. The van der Waals surface area contributed by atoms with E-state index in [1.807, 2.05) is 6.08 Å². The summed E-state index contributed by atoms with van der Waals surface area (Å²) in [5.41, 5.74) is 0.543. The van der Waals surface area contributed by atoms with Gasteiger partial charge in [-0.2, -0.15) is 0 Å². The SMILES string of the molecule is C[C@]12CCCCC1CC[C@@H]1[C@H]2CC[C@]2(C)C(=O)C=C[C@@H]12. The molecule has 0 spiro atoms. The van der Waals surface area contributed by atoms with Crippen LogP contribution < -0.4 is 0 Å². The summed E-state index contributed by atoms with van der Waals surface area (Å²) in [6.45, 7) is 4.84. The number of hydrogen-bond acceptors (Lipinski definition) is 1. The van der Waals surface area contributed by atoms with Crippen molar-refractivity contribution in [2.24, 2.45) is 34.5 Å². The van der Waals surface area contributed by atoms with Crippen molar-refractivity contribution in [3.63, 3.8) is 0 Å². The molecule has 4 aliphatic rings. The largest absolute Gasteiger partial charge is 0.294 e. The molecule has 3 fully saturated rings. The number of carbonyl (C=O) groups excluding carboxylic acids is 1. The number of carbonyl (C=O) groups is 1. The van der Waals surface area contributed by atoms with E-state index in [0.29, 0.717) is 17.1 Å². The number of allylic oxidation sites excluding steroid dienone is 2. The predicted molar refractivity (Wildman–Crippen MR) is 81.3 cm³/mol. The average Bonchev–Trinajstić information content (AvgIpc) is 2.74. The van der Waals surface area contributed by atoms with Gasteiger partial charge in [0.2, 0.25) is 0 Å². The summed E-state index contributed by atoms with van der Waals surface area (Å²) in [7, 11) is 0. The summed E-state index contributed by atoms with van der Waals surface area (Å²) in [6.07, 6.45) is 15.2. The van der Waals surface area contributed by atoms with E-state index in [1.165, 1.54) is 44.9 Å². The van der Waals surface area contributed by atoms with Crippen LogP contribution in [0.4, 0.5) is 0 Å². The van der Waals surface area contributed by atoms with E-state index in [4.69, 9.17) is 0 Å². The fourth-order valence-corrected chi connectivity index (χ4v) is 6.57. The standard InChI is InChI=1S/C19H28O/c1-18-11-4-3-5-13(18)6-7-14-15-8-9-17(20)19(15,2)12-10-16(14)18/h8-9,13-16H,3-7,10-12H2,1-2H3/t13?,14-,15-,16+,18-,19-/m0/s1. The van der Waals surface area contributed by atoms with Crippen molar-refractivity contribution in [1.82, 2.24) is 0 Å². The molecule has 0 N–H and O–H groups in total. The summed E-state index contributed by atoms with van der Waals surface area (Å²) in [5.74, 6) is 3.61. The van der Waals surface area contributed by atoms with Crippen LogP contribution in [0.15, 0.2) is 12.2 Å². The molecule has 4 rings (SSSR count). The summed E-state index contributed by atoms with van der Waals surface area (Å²) in [6, 6.07) is 0. The molecule has 1 unspecified atom stereocenters. The van der Waals surface area contributed by atoms with Crippen LogP contribution in [0.25, 0.3) is 0 Å². The normalized spacial score (nSPS) is 54.2. The van der Waals surface area contributed by atoms with Gasteiger partial charge >= 0.3 is 0 Å². The van der Waals surface area contributed by atoms with Crippen LogP contribution in [-0.4, -0.2) is 5.78 Å². The first-order chi connectivity index (χ1) is 9.56. The minimum Gasteiger partial charge on any atom is -0.294 e. The maximum absolute atomic E-state index is 12.3. The van der Waals surface area contributed by atoms with Crippen molar-refractivity contribution in [2.45, 2.75) is 65.2 Å². The van der Waals surface area contributed by atoms with Gasteiger partial charge in [0.25, 0.3) is 0 Å². The van der Waals surface area contributed by atoms with E-state index in [9.17, 15) is 4.79 Å². The molecule has 0 heterocycles. The van der Waals surface area contributed by atoms with Crippen molar-refractivity contribution in [3.05, 3.63) is 12.2 Å². The number of ketones is 1. The van der Waals surface area contributed by atoms with Crippen LogP contribution in [-0.2, 0) is 4.79 Å². The molecule has 20 heavy (non-hydrogen) atoms. The van der Waals surface area contributed by atoms with Crippen LogP contribution in [0.2, 0.25) is 0 Å². The molecule has 0 saturated heterocycles. The van der Waals surface area contributed by atoms with Gasteiger partial charge in [-0.3, -0.25) is 4.79 Å². The monoisotopic (exact) mass is 272 g/mol. The van der Waals surface area contributed by atoms with Gasteiger partial charge in [0.05, 0.1) is 0 Å². The van der Waals surface area contributed by atoms with Crippen LogP contribution in [0.3, 0.4) is 0 Å². The second kappa shape index (κ2) is 4.21. The van der Waals surface area contributed by atoms with Crippen LogP contribution >= 0.6 is 0 Å². The zero-order chi connectivity index (χ0) is 14.0. The van der Waals surface area contributed by atoms with E-state index in [0.717, 1.165) is 24.2 Å². The smallest absolute Gasteiger partial charge is 0.161 e. The van der Waals surface area contributed by atoms with Crippen LogP contribution in [0, 0.1) is 34.5 Å². The Bertz CT molecular complexity index is 464. The highest BCUT2D eigenvalue weighted by atomic mass is 16.1. The van der Waals surface area contributed by atoms with E-state index in [-0.39, 0.29) is 5.41 Å². The molecule has 0 aromatic rings. The van der Waals surface area contributed by atoms with Crippen LogP contribution in [0.1, 0.15) is 65.2 Å². The lowest BCUT2D eigenvalue weighted by atomic mass is 9.45. The Labute approximate surface area is 123 Å². The third kappa shape index (κ3) is 1.53. The zero-order valence-electron chi connectivity index (χ0n) is 13.0. The van der Waals surface area contributed by atoms with Crippen LogP contribution in [0.5, 0.6) is 0 Å². The Morgan fingerprint density at radius 3 is 2.75 bits per heavy atom. The summed E-state index contributed by atoms with van der Waals surface area (Å²) in [4.78, 5) is 12.3. The van der Waals surface area contributed by atoms with Gasteiger partial charge in [-0.1, -0.05) is 32.8 Å². The minimum atomic E-state index is -0.0426. The van der Waals surface area contributed by atoms with Gasteiger partial charge in [-0.15, -0.1) is 0 Å².